The molecule has 0 unspecified atom stereocenters. The van der Waals surface area contributed by atoms with Gasteiger partial charge in [-0.25, -0.2) is 9.97 Å². The molecule has 5 nitrogen and oxygen atoms in total. The number of nitrogens with zero attached hydrogens (tertiary/aromatic N) is 2. The van der Waals surface area contributed by atoms with Gasteiger partial charge in [0.2, 0.25) is 0 Å². The number of rotatable bonds is 18. The predicted molar refractivity (Wildman–Crippen MR) is 124 cm³/mol. The van der Waals surface area contributed by atoms with Gasteiger partial charge in [-0.2, -0.15) is 0 Å². The van der Waals surface area contributed by atoms with Crippen molar-refractivity contribution >= 4 is 17.3 Å². The van der Waals surface area contributed by atoms with Crippen molar-refractivity contribution in [3.63, 3.8) is 0 Å². The maximum Gasteiger partial charge on any atom is 0.155 e. The molecule has 0 atom stereocenters. The van der Waals surface area contributed by atoms with Gasteiger partial charge < -0.3 is 16.4 Å². The Bertz CT molecular complexity index is 490. The molecule has 0 fully saturated rings. The highest BCUT2D eigenvalue weighted by Gasteiger charge is 2.08. The molecule has 1 aromatic heterocycles. The fourth-order valence-electron chi connectivity index (χ4n) is 3.45. The average molecular weight is 392 g/mol. The zero-order valence-corrected chi connectivity index (χ0v) is 18.7. The second-order valence-electron chi connectivity index (χ2n) is 8.31. The zero-order valence-electron chi connectivity index (χ0n) is 18.7. The molecule has 0 spiro atoms. The highest BCUT2D eigenvalue weighted by Crippen LogP contribution is 2.23. The fraction of sp³-hybridized carbons (Fsp3) is 0.826. The van der Waals surface area contributed by atoms with Crippen molar-refractivity contribution in [3.05, 3.63) is 6.33 Å². The number of aromatic nitrogens is 2. The molecule has 28 heavy (non-hydrogen) atoms. The van der Waals surface area contributed by atoms with Gasteiger partial charge in [-0.15, -0.1) is 0 Å². The summed E-state index contributed by atoms with van der Waals surface area (Å²) in [7, 11) is 0. The van der Waals surface area contributed by atoms with Crippen molar-refractivity contribution in [1.82, 2.24) is 9.97 Å². The maximum absolute atomic E-state index is 6.14. The third-order valence-corrected chi connectivity index (χ3v) is 5.13. The van der Waals surface area contributed by atoms with E-state index in [2.05, 4.69) is 41.4 Å². The summed E-state index contributed by atoms with van der Waals surface area (Å²) in [5.74, 6) is 1.46. The largest absolute Gasteiger partial charge is 0.393 e. The Morgan fingerprint density at radius 3 is 1.71 bits per heavy atom. The SMILES string of the molecule is CCCCCCCCCCCCCCCCNc1ncnc(NC(C)C)c1N. The Hall–Kier alpha value is -1.52. The van der Waals surface area contributed by atoms with Crippen LogP contribution >= 0.6 is 0 Å². The van der Waals surface area contributed by atoms with Crippen LogP contribution in [-0.2, 0) is 0 Å². The minimum atomic E-state index is 0.302. The van der Waals surface area contributed by atoms with E-state index in [1.54, 1.807) is 6.33 Å². The van der Waals surface area contributed by atoms with Crippen LogP contribution in [0.15, 0.2) is 6.33 Å². The van der Waals surface area contributed by atoms with Gasteiger partial charge in [-0.05, 0) is 20.3 Å². The van der Waals surface area contributed by atoms with E-state index in [0.29, 0.717) is 17.5 Å². The van der Waals surface area contributed by atoms with Crippen LogP contribution in [-0.4, -0.2) is 22.6 Å². The number of anilines is 3. The summed E-state index contributed by atoms with van der Waals surface area (Å²) in [6.45, 7) is 7.35. The van der Waals surface area contributed by atoms with Crippen LogP contribution in [0.1, 0.15) is 111 Å². The topological polar surface area (TPSA) is 75.9 Å². The molecule has 0 saturated carbocycles. The number of hydrogen-bond acceptors (Lipinski definition) is 5. The molecule has 1 rings (SSSR count). The van der Waals surface area contributed by atoms with Gasteiger partial charge in [-0.3, -0.25) is 0 Å². The predicted octanol–water partition coefficient (Wildman–Crippen LogP) is 6.77. The molecule has 1 heterocycles. The minimum Gasteiger partial charge on any atom is -0.393 e. The molecule has 0 radical (unpaired) electrons. The maximum atomic E-state index is 6.14. The first-order chi connectivity index (χ1) is 13.6. The smallest absolute Gasteiger partial charge is 0.155 e. The fourth-order valence-corrected chi connectivity index (χ4v) is 3.45. The zero-order chi connectivity index (χ0) is 20.5. The molecule has 4 N–H and O–H groups in total. The van der Waals surface area contributed by atoms with Gasteiger partial charge >= 0.3 is 0 Å². The van der Waals surface area contributed by atoms with Crippen molar-refractivity contribution in [1.29, 1.82) is 0 Å². The molecule has 0 aliphatic carbocycles. The number of unbranched alkanes of at least 4 members (excludes halogenated alkanes) is 13. The molecule has 1 aromatic rings. The number of nitrogens with two attached hydrogens (primary N) is 1. The van der Waals surface area contributed by atoms with Gasteiger partial charge in [0, 0.05) is 12.6 Å². The lowest BCUT2D eigenvalue weighted by atomic mass is 10.0. The van der Waals surface area contributed by atoms with Gasteiger partial charge in [0.05, 0.1) is 0 Å². The van der Waals surface area contributed by atoms with Gasteiger partial charge in [0.15, 0.2) is 11.6 Å². The van der Waals surface area contributed by atoms with Gasteiger partial charge in [0.1, 0.15) is 12.0 Å². The summed E-state index contributed by atoms with van der Waals surface area (Å²) in [4.78, 5) is 8.48. The lowest BCUT2D eigenvalue weighted by Gasteiger charge is -2.14. The van der Waals surface area contributed by atoms with Crippen molar-refractivity contribution in [2.75, 3.05) is 22.9 Å². The van der Waals surface area contributed by atoms with E-state index >= 15 is 0 Å². The Morgan fingerprint density at radius 2 is 1.21 bits per heavy atom. The Kier molecular flexibility index (Phi) is 14.4. The van der Waals surface area contributed by atoms with Crippen LogP contribution in [0.25, 0.3) is 0 Å². The van der Waals surface area contributed by atoms with E-state index in [0.717, 1.165) is 18.8 Å². The summed E-state index contributed by atoms with van der Waals surface area (Å²) < 4.78 is 0. The Morgan fingerprint density at radius 1 is 0.750 bits per heavy atom. The first kappa shape index (κ1) is 24.5. The standard InChI is InChI=1S/C23H45N5/c1-4-5-6-7-8-9-10-11-12-13-14-15-16-17-18-25-22-21(24)23(27-19-26-22)28-20(2)3/h19-20H,4-18,24H2,1-3H3,(H2,25,26,27,28). The first-order valence-corrected chi connectivity index (χ1v) is 11.8. The van der Waals surface area contributed by atoms with Crippen LogP contribution < -0.4 is 16.4 Å². The molecule has 0 bridgehead atoms. The highest BCUT2D eigenvalue weighted by atomic mass is 15.1. The summed E-state index contributed by atoms with van der Waals surface area (Å²) in [5.41, 5.74) is 6.75. The molecule has 162 valence electrons. The van der Waals surface area contributed by atoms with Crippen LogP contribution in [0.3, 0.4) is 0 Å². The monoisotopic (exact) mass is 391 g/mol. The quantitative estimate of drug-likeness (QED) is 0.241. The summed E-state index contributed by atoms with van der Waals surface area (Å²) in [6, 6.07) is 0.302. The van der Waals surface area contributed by atoms with E-state index in [1.807, 2.05) is 0 Å². The van der Waals surface area contributed by atoms with E-state index in [-0.39, 0.29) is 0 Å². The summed E-state index contributed by atoms with van der Waals surface area (Å²) >= 11 is 0. The summed E-state index contributed by atoms with van der Waals surface area (Å²) in [6.07, 6.45) is 20.9. The summed E-state index contributed by atoms with van der Waals surface area (Å²) in [5, 5.41) is 6.61. The number of nitrogen functional groups attached to an aromatic ring is 1. The molecule has 0 amide bonds. The molecule has 0 aromatic carbocycles. The highest BCUT2D eigenvalue weighted by molar-refractivity contribution is 5.74. The van der Waals surface area contributed by atoms with Crippen LogP contribution in [0.5, 0.6) is 0 Å². The van der Waals surface area contributed by atoms with E-state index in [1.165, 1.54) is 83.5 Å². The number of hydrogen-bond donors (Lipinski definition) is 3. The minimum absolute atomic E-state index is 0.302. The normalized spacial score (nSPS) is 11.1. The Labute approximate surface area is 173 Å². The lowest BCUT2D eigenvalue weighted by molar-refractivity contribution is 0.537. The molecular formula is C23H45N5. The van der Waals surface area contributed by atoms with Crippen molar-refractivity contribution < 1.29 is 0 Å². The van der Waals surface area contributed by atoms with Crippen LogP contribution in [0.2, 0.25) is 0 Å². The Balaban J connectivity index is 1.94. The van der Waals surface area contributed by atoms with Crippen molar-refractivity contribution in [2.45, 2.75) is 117 Å². The van der Waals surface area contributed by atoms with Gasteiger partial charge in [-0.1, -0.05) is 90.4 Å². The number of nitrogens with one attached hydrogen (secondary N) is 2. The van der Waals surface area contributed by atoms with E-state index < -0.39 is 0 Å². The first-order valence-electron chi connectivity index (χ1n) is 11.8. The van der Waals surface area contributed by atoms with E-state index in [4.69, 9.17) is 5.73 Å². The lowest BCUT2D eigenvalue weighted by Crippen LogP contribution is -2.15. The average Bonchev–Trinajstić information content (AvgIpc) is 2.67. The van der Waals surface area contributed by atoms with E-state index in [9.17, 15) is 0 Å². The van der Waals surface area contributed by atoms with Crippen LogP contribution in [0, 0.1) is 0 Å². The molecule has 5 heteroatoms. The van der Waals surface area contributed by atoms with Crippen LogP contribution in [0.4, 0.5) is 17.3 Å². The third kappa shape index (κ3) is 12.0. The molecular weight excluding hydrogens is 346 g/mol. The van der Waals surface area contributed by atoms with Crippen molar-refractivity contribution in [2.24, 2.45) is 0 Å². The molecule has 0 aliphatic rings. The second kappa shape index (κ2) is 16.4. The second-order valence-corrected chi connectivity index (χ2v) is 8.31. The molecule has 0 saturated heterocycles. The van der Waals surface area contributed by atoms with Gasteiger partial charge in [0.25, 0.3) is 0 Å². The van der Waals surface area contributed by atoms with Crippen molar-refractivity contribution in [3.8, 4) is 0 Å². The molecule has 0 aliphatic heterocycles. The third-order valence-electron chi connectivity index (χ3n) is 5.13.